The number of hydrogen-bond acceptors (Lipinski definition) is 6. The number of hydrogen-bond donors (Lipinski definition) is 3. The second-order valence-electron chi connectivity index (χ2n) is 3.39. The van der Waals surface area contributed by atoms with Gasteiger partial charge in [0.25, 0.3) is 0 Å². The van der Waals surface area contributed by atoms with E-state index in [9.17, 15) is 0 Å². The number of aromatic nitrogens is 2. The summed E-state index contributed by atoms with van der Waals surface area (Å²) < 4.78 is 5.13. The Bertz CT molecular complexity index is 549. The molecule has 0 unspecified atom stereocenters. The summed E-state index contributed by atoms with van der Waals surface area (Å²) in [7, 11) is 1.60. The van der Waals surface area contributed by atoms with Crippen LogP contribution in [-0.4, -0.2) is 17.1 Å². The van der Waals surface area contributed by atoms with Crippen molar-refractivity contribution in [1.82, 2.24) is 9.97 Å². The molecule has 0 spiro atoms. The Morgan fingerprint density at radius 2 is 2.22 bits per heavy atom. The van der Waals surface area contributed by atoms with Crippen LogP contribution in [0.4, 0.5) is 17.5 Å². The van der Waals surface area contributed by atoms with Crippen LogP contribution < -0.4 is 21.3 Å². The van der Waals surface area contributed by atoms with Gasteiger partial charge in [0.05, 0.1) is 13.3 Å². The van der Waals surface area contributed by atoms with E-state index in [2.05, 4.69) is 20.7 Å². The van der Waals surface area contributed by atoms with Gasteiger partial charge in [-0.1, -0.05) is 17.7 Å². The third-order valence-corrected chi connectivity index (χ3v) is 2.48. The molecule has 0 atom stereocenters. The molecule has 7 heteroatoms. The molecule has 0 aliphatic heterocycles. The average molecular weight is 266 g/mol. The van der Waals surface area contributed by atoms with Gasteiger partial charge in [0.15, 0.2) is 5.82 Å². The quantitative estimate of drug-likeness (QED) is 0.580. The van der Waals surface area contributed by atoms with Crippen molar-refractivity contribution >= 4 is 29.1 Å². The van der Waals surface area contributed by atoms with Crippen LogP contribution >= 0.6 is 11.6 Å². The Labute approximate surface area is 109 Å². The van der Waals surface area contributed by atoms with E-state index >= 15 is 0 Å². The van der Waals surface area contributed by atoms with E-state index in [1.54, 1.807) is 7.11 Å². The van der Waals surface area contributed by atoms with E-state index in [0.29, 0.717) is 10.8 Å². The molecular weight excluding hydrogens is 254 g/mol. The van der Waals surface area contributed by atoms with E-state index < -0.39 is 0 Å². The summed E-state index contributed by atoms with van der Waals surface area (Å²) in [6.45, 7) is 0. The molecule has 2 aromatic rings. The van der Waals surface area contributed by atoms with E-state index in [1.807, 2.05) is 24.3 Å². The van der Waals surface area contributed by atoms with Gasteiger partial charge in [-0.2, -0.15) is 4.98 Å². The molecule has 0 amide bonds. The molecule has 0 bridgehead atoms. The summed E-state index contributed by atoms with van der Waals surface area (Å²) in [5.41, 5.74) is 3.16. The SMILES string of the molecule is COc1cccc(Nc2nc(NN)ncc2Cl)c1. The van der Waals surface area contributed by atoms with Crippen molar-refractivity contribution < 1.29 is 4.74 Å². The Balaban J connectivity index is 2.27. The molecule has 0 fully saturated rings. The van der Waals surface area contributed by atoms with Crippen molar-refractivity contribution in [2.45, 2.75) is 0 Å². The van der Waals surface area contributed by atoms with Crippen molar-refractivity contribution in [3.05, 3.63) is 35.5 Å². The van der Waals surface area contributed by atoms with Crippen LogP contribution in [0.15, 0.2) is 30.5 Å². The maximum Gasteiger partial charge on any atom is 0.239 e. The predicted molar refractivity (Wildman–Crippen MR) is 71.1 cm³/mol. The molecule has 1 heterocycles. The number of benzene rings is 1. The zero-order valence-corrected chi connectivity index (χ0v) is 10.4. The van der Waals surface area contributed by atoms with Crippen LogP contribution in [-0.2, 0) is 0 Å². The van der Waals surface area contributed by atoms with Crippen LogP contribution in [0, 0.1) is 0 Å². The molecule has 0 aliphatic carbocycles. The number of rotatable bonds is 4. The van der Waals surface area contributed by atoms with Crippen molar-refractivity contribution in [3.63, 3.8) is 0 Å². The first-order valence-corrected chi connectivity index (χ1v) is 5.51. The van der Waals surface area contributed by atoms with Gasteiger partial charge in [-0.05, 0) is 12.1 Å². The highest BCUT2D eigenvalue weighted by Gasteiger charge is 2.05. The van der Waals surface area contributed by atoms with Gasteiger partial charge < -0.3 is 10.1 Å². The monoisotopic (exact) mass is 265 g/mol. The highest BCUT2D eigenvalue weighted by atomic mass is 35.5. The maximum absolute atomic E-state index is 5.99. The average Bonchev–Trinajstić information content (AvgIpc) is 2.41. The second-order valence-corrected chi connectivity index (χ2v) is 3.80. The van der Waals surface area contributed by atoms with E-state index in [0.717, 1.165) is 11.4 Å². The molecule has 0 radical (unpaired) electrons. The molecule has 6 nitrogen and oxygen atoms in total. The Morgan fingerprint density at radius 1 is 1.39 bits per heavy atom. The fraction of sp³-hybridized carbons (Fsp3) is 0.0909. The van der Waals surface area contributed by atoms with Gasteiger partial charge in [-0.3, -0.25) is 5.43 Å². The van der Waals surface area contributed by atoms with Gasteiger partial charge in [0, 0.05) is 11.8 Å². The minimum Gasteiger partial charge on any atom is -0.497 e. The first-order chi connectivity index (χ1) is 8.72. The number of ether oxygens (including phenoxy) is 1. The van der Waals surface area contributed by atoms with Gasteiger partial charge in [0.1, 0.15) is 10.8 Å². The Morgan fingerprint density at radius 3 is 2.94 bits per heavy atom. The van der Waals surface area contributed by atoms with E-state index in [-0.39, 0.29) is 5.95 Å². The van der Waals surface area contributed by atoms with Crippen LogP contribution in [0.1, 0.15) is 0 Å². The smallest absolute Gasteiger partial charge is 0.239 e. The summed E-state index contributed by atoms with van der Waals surface area (Å²) in [4.78, 5) is 8.00. The highest BCUT2D eigenvalue weighted by Crippen LogP contribution is 2.25. The normalized spacial score (nSPS) is 9.94. The molecule has 2 rings (SSSR count). The number of halogens is 1. The molecule has 94 valence electrons. The van der Waals surface area contributed by atoms with Gasteiger partial charge >= 0.3 is 0 Å². The summed E-state index contributed by atoms with van der Waals surface area (Å²) in [6, 6.07) is 7.41. The first-order valence-electron chi connectivity index (χ1n) is 5.13. The number of nitrogen functional groups attached to an aromatic ring is 1. The number of nitrogens with two attached hydrogens (primary N) is 1. The molecule has 18 heavy (non-hydrogen) atoms. The third kappa shape index (κ3) is 2.79. The fourth-order valence-corrected chi connectivity index (χ4v) is 1.50. The Hall–Kier alpha value is -2.05. The number of hydrazine groups is 1. The molecule has 1 aromatic heterocycles. The van der Waals surface area contributed by atoms with Crippen molar-refractivity contribution in [1.29, 1.82) is 0 Å². The third-order valence-electron chi connectivity index (χ3n) is 2.21. The van der Waals surface area contributed by atoms with Gasteiger partial charge in [-0.25, -0.2) is 10.8 Å². The lowest BCUT2D eigenvalue weighted by atomic mass is 10.3. The van der Waals surface area contributed by atoms with Crippen LogP contribution in [0.5, 0.6) is 5.75 Å². The van der Waals surface area contributed by atoms with Crippen molar-refractivity contribution in [3.8, 4) is 5.75 Å². The summed E-state index contributed by atoms with van der Waals surface area (Å²) in [5, 5.41) is 3.46. The van der Waals surface area contributed by atoms with E-state index in [1.165, 1.54) is 6.20 Å². The van der Waals surface area contributed by atoms with Gasteiger partial charge in [0.2, 0.25) is 5.95 Å². The standard InChI is InChI=1S/C11H12ClN5O/c1-18-8-4-2-3-7(5-8)15-10-9(12)6-14-11(16-10)17-13/h2-6H,13H2,1H3,(H2,14,15,16,17). The fourth-order valence-electron chi connectivity index (χ4n) is 1.36. The second kappa shape index (κ2) is 5.52. The number of nitrogens with zero attached hydrogens (tertiary/aromatic N) is 2. The highest BCUT2D eigenvalue weighted by molar-refractivity contribution is 6.32. The minimum absolute atomic E-state index is 0.282. The minimum atomic E-state index is 0.282. The molecule has 0 aliphatic rings. The topological polar surface area (TPSA) is 85.1 Å². The molecule has 0 saturated carbocycles. The molecule has 4 N–H and O–H groups in total. The van der Waals surface area contributed by atoms with Crippen LogP contribution in [0.25, 0.3) is 0 Å². The molecule has 0 saturated heterocycles. The summed E-state index contributed by atoms with van der Waals surface area (Å²) >= 11 is 5.99. The zero-order valence-electron chi connectivity index (χ0n) is 9.64. The lowest BCUT2D eigenvalue weighted by molar-refractivity contribution is 0.415. The number of methoxy groups -OCH3 is 1. The van der Waals surface area contributed by atoms with Crippen LogP contribution in [0.3, 0.4) is 0 Å². The molecule has 1 aromatic carbocycles. The first kappa shape index (κ1) is 12.4. The van der Waals surface area contributed by atoms with E-state index in [4.69, 9.17) is 22.2 Å². The lowest BCUT2D eigenvalue weighted by Crippen LogP contribution is -2.11. The van der Waals surface area contributed by atoms with Gasteiger partial charge in [-0.15, -0.1) is 0 Å². The lowest BCUT2D eigenvalue weighted by Gasteiger charge is -2.09. The Kier molecular flexibility index (Phi) is 3.81. The summed E-state index contributed by atoms with van der Waals surface area (Å²) in [5.74, 6) is 6.73. The van der Waals surface area contributed by atoms with Crippen molar-refractivity contribution in [2.75, 3.05) is 17.9 Å². The van der Waals surface area contributed by atoms with Crippen LogP contribution in [0.2, 0.25) is 5.02 Å². The van der Waals surface area contributed by atoms with Crippen molar-refractivity contribution in [2.24, 2.45) is 5.84 Å². The number of nitrogens with one attached hydrogen (secondary N) is 2. The summed E-state index contributed by atoms with van der Waals surface area (Å²) in [6.07, 6.45) is 1.46. The largest absolute Gasteiger partial charge is 0.497 e. The zero-order chi connectivity index (χ0) is 13.0. The molecular formula is C11H12ClN5O. The maximum atomic E-state index is 5.99. The predicted octanol–water partition coefficient (Wildman–Crippen LogP) is 2.17. The number of anilines is 3.